The van der Waals surface area contributed by atoms with Crippen LogP contribution in [0.5, 0.6) is 0 Å². The Balaban J connectivity index is 1.63. The molecule has 0 amide bonds. The Bertz CT molecular complexity index is 1150. The lowest BCUT2D eigenvalue weighted by molar-refractivity contribution is 0.424. The third-order valence-corrected chi connectivity index (χ3v) is 8.95. The lowest BCUT2D eigenvalue weighted by Crippen LogP contribution is -2.60. The Morgan fingerprint density at radius 1 is 1.45 bits per heavy atom. The molecule has 0 aromatic carbocycles. The molecule has 3 heterocycles. The first kappa shape index (κ1) is 20.1. The highest BCUT2D eigenvalue weighted by atomic mass is 35.5. The molecule has 0 saturated carbocycles. The first-order valence-corrected chi connectivity index (χ1v) is 11.7. The largest absolute Gasteiger partial charge is 0.421 e. The van der Waals surface area contributed by atoms with Crippen molar-refractivity contribution in [2.75, 3.05) is 12.8 Å². The molecule has 8 nitrogen and oxygen atoms in total. The lowest BCUT2D eigenvalue weighted by Gasteiger charge is -2.39. The molecule has 2 aromatic heterocycles. The van der Waals surface area contributed by atoms with Crippen molar-refractivity contribution in [1.82, 2.24) is 19.8 Å². The van der Waals surface area contributed by atoms with Gasteiger partial charge in [-0.25, -0.2) is 12.7 Å². The monoisotopic (exact) mass is 453 g/mol. The van der Waals surface area contributed by atoms with Gasteiger partial charge in [-0.3, -0.25) is 5.41 Å². The number of aryl methyl sites for hydroxylation is 1. The number of hydrogen-bond acceptors (Lipinski definition) is 7. The summed E-state index contributed by atoms with van der Waals surface area (Å²) in [6, 6.07) is 1.88. The van der Waals surface area contributed by atoms with Crippen molar-refractivity contribution in [3.05, 3.63) is 50.9 Å². The fourth-order valence-electron chi connectivity index (χ4n) is 3.50. The average molecular weight is 454 g/mol. The summed E-state index contributed by atoms with van der Waals surface area (Å²) in [6.45, 7) is 3.51. The van der Waals surface area contributed by atoms with Crippen LogP contribution in [0.2, 0.25) is 5.02 Å². The van der Waals surface area contributed by atoms with Crippen LogP contribution in [0.15, 0.2) is 28.7 Å². The molecule has 1 fully saturated rings. The summed E-state index contributed by atoms with van der Waals surface area (Å²) in [6.07, 6.45) is 6.65. The zero-order valence-corrected chi connectivity index (χ0v) is 18.5. The second kappa shape index (κ2) is 6.96. The summed E-state index contributed by atoms with van der Waals surface area (Å²) >= 11 is 7.99. The highest BCUT2D eigenvalue weighted by molar-refractivity contribution is 7.89. The molecule has 29 heavy (non-hydrogen) atoms. The van der Waals surface area contributed by atoms with E-state index in [1.807, 2.05) is 18.2 Å². The molecule has 1 unspecified atom stereocenters. The van der Waals surface area contributed by atoms with Gasteiger partial charge in [0.2, 0.25) is 27.8 Å². The topological polar surface area (TPSA) is 112 Å². The molecule has 2 aliphatic rings. The van der Waals surface area contributed by atoms with Crippen LogP contribution in [0.1, 0.15) is 40.8 Å². The zero-order chi connectivity index (χ0) is 21.0. The molecule has 0 radical (unpaired) electrons. The minimum atomic E-state index is -3.60. The standard InChI is InChI=1S/C18H20ClN5O3S2/c1-10-22-23-16(27-10)12-6-4-5-11(7-12)14-8-13(19)15(28-14)18(2)9-29(25,26)24(3)17(20)21-18/h4-6,8,11H,7,9H2,1-3H3,(H2,20,21)/t11?,18-/m0/s1. The fourth-order valence-corrected chi connectivity index (χ4v) is 6.80. The van der Waals surface area contributed by atoms with Crippen LogP contribution in [0.4, 0.5) is 0 Å². The summed E-state index contributed by atoms with van der Waals surface area (Å²) < 4.78 is 31.4. The molecule has 2 N–H and O–H groups in total. The van der Waals surface area contributed by atoms with Gasteiger partial charge in [0, 0.05) is 35.2 Å². The Hall–Kier alpha value is -2.17. The average Bonchev–Trinajstić information content (AvgIpc) is 3.26. The van der Waals surface area contributed by atoms with Gasteiger partial charge in [-0.15, -0.1) is 21.5 Å². The van der Waals surface area contributed by atoms with Crippen molar-refractivity contribution in [3.8, 4) is 0 Å². The minimum Gasteiger partial charge on any atom is -0.421 e. The second-order valence-corrected chi connectivity index (χ2v) is 10.9. The van der Waals surface area contributed by atoms with E-state index in [0.717, 1.165) is 14.8 Å². The number of nitrogens with zero attached hydrogens (tertiary/aromatic N) is 3. The van der Waals surface area contributed by atoms with Gasteiger partial charge in [0.05, 0.1) is 16.3 Å². The van der Waals surface area contributed by atoms with E-state index < -0.39 is 15.6 Å². The van der Waals surface area contributed by atoms with E-state index in [9.17, 15) is 8.42 Å². The molecular weight excluding hydrogens is 434 g/mol. The summed E-state index contributed by atoms with van der Waals surface area (Å²) in [5, 5.41) is 19.5. The summed E-state index contributed by atoms with van der Waals surface area (Å²) in [5.41, 5.74) is -0.0274. The number of thiophene rings is 1. The molecule has 0 spiro atoms. The van der Waals surface area contributed by atoms with Gasteiger partial charge in [-0.2, -0.15) is 0 Å². The maximum atomic E-state index is 12.5. The zero-order valence-electron chi connectivity index (χ0n) is 16.1. The van der Waals surface area contributed by atoms with Crippen molar-refractivity contribution in [3.63, 3.8) is 0 Å². The molecule has 11 heteroatoms. The molecule has 1 aliphatic carbocycles. The Kier molecular flexibility index (Phi) is 4.83. The van der Waals surface area contributed by atoms with Crippen molar-refractivity contribution < 1.29 is 12.8 Å². The van der Waals surface area contributed by atoms with E-state index in [0.29, 0.717) is 28.1 Å². The molecule has 4 rings (SSSR count). The number of nitrogens with one attached hydrogen (secondary N) is 2. The van der Waals surface area contributed by atoms with E-state index in [-0.39, 0.29) is 17.6 Å². The number of allylic oxidation sites excluding steroid dienone is 4. The number of rotatable bonds is 3. The molecule has 2 atom stereocenters. The summed E-state index contributed by atoms with van der Waals surface area (Å²) in [5.74, 6) is 0.733. The molecular formula is C18H20ClN5O3S2. The molecule has 1 saturated heterocycles. The molecule has 154 valence electrons. The van der Waals surface area contributed by atoms with Gasteiger partial charge >= 0.3 is 0 Å². The number of aromatic nitrogens is 2. The first-order valence-electron chi connectivity index (χ1n) is 8.90. The lowest BCUT2D eigenvalue weighted by atomic mass is 9.93. The van der Waals surface area contributed by atoms with Crippen molar-refractivity contribution >= 4 is 44.5 Å². The van der Waals surface area contributed by atoms with Crippen LogP contribution in [0, 0.1) is 12.3 Å². The highest BCUT2D eigenvalue weighted by Gasteiger charge is 2.44. The highest BCUT2D eigenvalue weighted by Crippen LogP contribution is 2.44. The SMILES string of the molecule is Cc1nnc(C2=CC=CC(c3cc(Cl)c([C@]4(C)CS(=O)(=O)N(C)C(=N)N4)s3)C2)o1. The van der Waals surface area contributed by atoms with Crippen LogP contribution in [0.25, 0.3) is 5.57 Å². The van der Waals surface area contributed by atoms with E-state index in [1.165, 1.54) is 18.4 Å². The summed E-state index contributed by atoms with van der Waals surface area (Å²) in [7, 11) is -2.23. The van der Waals surface area contributed by atoms with Gasteiger partial charge < -0.3 is 9.73 Å². The Morgan fingerprint density at radius 3 is 2.86 bits per heavy atom. The van der Waals surface area contributed by atoms with Gasteiger partial charge in [0.1, 0.15) is 0 Å². The van der Waals surface area contributed by atoms with Crippen LogP contribution in [-0.4, -0.2) is 41.7 Å². The normalized spacial score (nSPS) is 26.3. The van der Waals surface area contributed by atoms with Crippen molar-refractivity contribution in [1.29, 1.82) is 5.41 Å². The second-order valence-electron chi connectivity index (χ2n) is 7.37. The van der Waals surface area contributed by atoms with E-state index >= 15 is 0 Å². The number of guanidine groups is 1. The number of hydrogen-bond donors (Lipinski definition) is 2. The van der Waals surface area contributed by atoms with Crippen LogP contribution in [0.3, 0.4) is 0 Å². The molecule has 1 aliphatic heterocycles. The molecule has 2 aromatic rings. The Labute approximate surface area is 177 Å². The molecule has 0 bridgehead atoms. The van der Waals surface area contributed by atoms with Gasteiger partial charge in [0.15, 0.2) is 0 Å². The van der Waals surface area contributed by atoms with Crippen LogP contribution >= 0.6 is 22.9 Å². The van der Waals surface area contributed by atoms with Crippen LogP contribution in [-0.2, 0) is 15.6 Å². The van der Waals surface area contributed by atoms with Crippen molar-refractivity contribution in [2.24, 2.45) is 0 Å². The predicted molar refractivity (Wildman–Crippen MR) is 113 cm³/mol. The maximum absolute atomic E-state index is 12.5. The summed E-state index contributed by atoms with van der Waals surface area (Å²) in [4.78, 5) is 1.71. The first-order chi connectivity index (χ1) is 13.6. The fraction of sp³-hybridized carbons (Fsp3) is 0.389. The van der Waals surface area contributed by atoms with Gasteiger partial charge in [-0.1, -0.05) is 29.8 Å². The smallest absolute Gasteiger partial charge is 0.243 e. The van der Waals surface area contributed by atoms with Gasteiger partial charge in [0.25, 0.3) is 0 Å². The van der Waals surface area contributed by atoms with E-state index in [4.69, 9.17) is 21.4 Å². The van der Waals surface area contributed by atoms with E-state index in [1.54, 1.807) is 13.8 Å². The third kappa shape index (κ3) is 3.60. The Morgan fingerprint density at radius 2 is 2.21 bits per heavy atom. The van der Waals surface area contributed by atoms with Crippen molar-refractivity contribution in [2.45, 2.75) is 31.7 Å². The van der Waals surface area contributed by atoms with Gasteiger partial charge in [-0.05, 0) is 19.4 Å². The number of halogens is 1. The number of sulfonamides is 1. The maximum Gasteiger partial charge on any atom is 0.243 e. The van der Waals surface area contributed by atoms with E-state index in [2.05, 4.69) is 21.6 Å². The quantitative estimate of drug-likeness (QED) is 0.737. The third-order valence-electron chi connectivity index (χ3n) is 5.05. The predicted octanol–water partition coefficient (Wildman–Crippen LogP) is 3.23. The minimum absolute atomic E-state index is 0.0596. The van der Waals surface area contributed by atoms with Crippen LogP contribution < -0.4 is 5.32 Å².